The third-order valence-electron chi connectivity index (χ3n) is 5.24. The molecule has 1 aromatic heterocycles. The molecule has 2 unspecified atom stereocenters. The number of nitrogens with zero attached hydrogens (tertiary/aromatic N) is 1. The van der Waals surface area contributed by atoms with Crippen LogP contribution in [-0.2, 0) is 11.3 Å². The molecular weight excluding hydrogens is 336 g/mol. The van der Waals surface area contributed by atoms with Gasteiger partial charge in [0.1, 0.15) is 0 Å². The van der Waals surface area contributed by atoms with E-state index in [1.54, 1.807) is 6.20 Å². The smallest absolute Gasteiger partial charge is 0.224 e. The van der Waals surface area contributed by atoms with Gasteiger partial charge in [-0.15, -0.1) is 0 Å². The summed E-state index contributed by atoms with van der Waals surface area (Å²) in [5, 5.41) is 13.3. The van der Waals surface area contributed by atoms with Gasteiger partial charge in [0.05, 0.1) is 12.1 Å². The Hall–Kier alpha value is -2.92. The van der Waals surface area contributed by atoms with Crippen LogP contribution in [0.25, 0.3) is 11.1 Å². The highest BCUT2D eigenvalue weighted by atomic mass is 16.1. The summed E-state index contributed by atoms with van der Waals surface area (Å²) in [6.07, 6.45) is 4.56. The van der Waals surface area contributed by atoms with Crippen molar-refractivity contribution in [2.45, 2.75) is 18.9 Å². The second-order valence-electron chi connectivity index (χ2n) is 7.10. The summed E-state index contributed by atoms with van der Waals surface area (Å²) in [7, 11) is 0. The van der Waals surface area contributed by atoms with Crippen LogP contribution in [-0.4, -0.2) is 29.2 Å². The van der Waals surface area contributed by atoms with Gasteiger partial charge in [-0.2, -0.15) is 5.10 Å². The van der Waals surface area contributed by atoms with Crippen molar-refractivity contribution in [2.24, 2.45) is 5.92 Å². The molecule has 3 N–H and O–H groups in total. The number of H-pyrrole nitrogens is 1. The first kappa shape index (κ1) is 17.5. The van der Waals surface area contributed by atoms with E-state index in [1.807, 2.05) is 12.3 Å². The molecule has 1 aliphatic rings. The summed E-state index contributed by atoms with van der Waals surface area (Å²) >= 11 is 0. The molecule has 0 aliphatic carbocycles. The Morgan fingerprint density at radius 2 is 1.85 bits per heavy atom. The van der Waals surface area contributed by atoms with Crippen molar-refractivity contribution in [2.75, 3.05) is 13.1 Å². The van der Waals surface area contributed by atoms with E-state index in [-0.39, 0.29) is 11.8 Å². The molecule has 0 radical (unpaired) electrons. The van der Waals surface area contributed by atoms with Crippen molar-refractivity contribution in [3.8, 4) is 11.1 Å². The van der Waals surface area contributed by atoms with Crippen molar-refractivity contribution >= 4 is 5.91 Å². The van der Waals surface area contributed by atoms with Crippen LogP contribution in [0.1, 0.15) is 23.5 Å². The van der Waals surface area contributed by atoms with Crippen LogP contribution in [0, 0.1) is 5.92 Å². The summed E-state index contributed by atoms with van der Waals surface area (Å²) in [5.74, 6) is 0.529. The second-order valence-corrected chi connectivity index (χ2v) is 7.10. The van der Waals surface area contributed by atoms with Crippen molar-refractivity contribution in [3.63, 3.8) is 0 Å². The molecule has 5 heteroatoms. The van der Waals surface area contributed by atoms with Gasteiger partial charge < -0.3 is 10.6 Å². The Kier molecular flexibility index (Phi) is 5.30. The number of hydrogen-bond donors (Lipinski definition) is 3. The normalized spacial score (nSPS) is 19.6. The minimum Gasteiger partial charge on any atom is -0.352 e. The number of benzene rings is 2. The summed E-state index contributed by atoms with van der Waals surface area (Å²) in [6.45, 7) is 2.23. The fourth-order valence-electron chi connectivity index (χ4n) is 3.68. The van der Waals surface area contributed by atoms with Gasteiger partial charge in [0.25, 0.3) is 0 Å². The lowest BCUT2D eigenvalue weighted by molar-refractivity contribution is -0.125. The lowest BCUT2D eigenvalue weighted by Gasteiger charge is -2.29. The van der Waals surface area contributed by atoms with Gasteiger partial charge in [-0.3, -0.25) is 9.89 Å². The molecule has 0 spiro atoms. The van der Waals surface area contributed by atoms with Crippen LogP contribution in [0.3, 0.4) is 0 Å². The fourth-order valence-corrected chi connectivity index (χ4v) is 3.68. The summed E-state index contributed by atoms with van der Waals surface area (Å²) in [4.78, 5) is 12.6. The maximum Gasteiger partial charge on any atom is 0.224 e. The van der Waals surface area contributed by atoms with Gasteiger partial charge in [-0.25, -0.2) is 0 Å². The van der Waals surface area contributed by atoms with Crippen molar-refractivity contribution in [3.05, 3.63) is 78.1 Å². The minimum absolute atomic E-state index is 0.00848. The van der Waals surface area contributed by atoms with Gasteiger partial charge in [0, 0.05) is 31.4 Å². The molecule has 2 heterocycles. The van der Waals surface area contributed by atoms with E-state index in [0.29, 0.717) is 12.5 Å². The maximum atomic E-state index is 12.6. The van der Waals surface area contributed by atoms with Gasteiger partial charge in [0.2, 0.25) is 5.91 Å². The number of nitrogens with one attached hydrogen (secondary N) is 3. The van der Waals surface area contributed by atoms with Crippen LogP contribution in [0.4, 0.5) is 0 Å². The number of carbonyl (C=O) groups excluding carboxylic acids is 1. The van der Waals surface area contributed by atoms with Crippen LogP contribution < -0.4 is 10.6 Å². The molecule has 27 heavy (non-hydrogen) atoms. The van der Waals surface area contributed by atoms with Crippen LogP contribution in [0.5, 0.6) is 0 Å². The fraction of sp³-hybridized carbons (Fsp3) is 0.273. The van der Waals surface area contributed by atoms with E-state index in [2.05, 4.69) is 69.4 Å². The molecule has 1 aliphatic heterocycles. The quantitative estimate of drug-likeness (QED) is 0.655. The Morgan fingerprint density at radius 1 is 1.04 bits per heavy atom. The maximum absolute atomic E-state index is 12.6. The zero-order chi connectivity index (χ0) is 18.5. The van der Waals surface area contributed by atoms with Crippen molar-refractivity contribution in [1.29, 1.82) is 0 Å². The van der Waals surface area contributed by atoms with Crippen molar-refractivity contribution in [1.82, 2.24) is 20.8 Å². The third-order valence-corrected chi connectivity index (χ3v) is 5.24. The highest BCUT2D eigenvalue weighted by Gasteiger charge is 2.27. The Labute approximate surface area is 159 Å². The number of carbonyl (C=O) groups is 1. The predicted octanol–water partition coefficient (Wildman–Crippen LogP) is 3.09. The number of aromatic amines is 1. The first-order valence-corrected chi connectivity index (χ1v) is 9.41. The summed E-state index contributed by atoms with van der Waals surface area (Å²) in [5.41, 5.74) is 4.57. The average Bonchev–Trinajstić information content (AvgIpc) is 3.28. The number of hydrogen-bond acceptors (Lipinski definition) is 3. The van der Waals surface area contributed by atoms with Gasteiger partial charge >= 0.3 is 0 Å². The first-order chi connectivity index (χ1) is 13.3. The Morgan fingerprint density at radius 3 is 2.59 bits per heavy atom. The molecule has 138 valence electrons. The van der Waals surface area contributed by atoms with Crippen LogP contribution in [0.2, 0.25) is 0 Å². The molecule has 0 bridgehead atoms. The largest absolute Gasteiger partial charge is 0.352 e. The number of aromatic nitrogens is 2. The highest BCUT2D eigenvalue weighted by molar-refractivity contribution is 5.79. The molecule has 4 rings (SSSR count). The molecule has 2 aromatic carbocycles. The van der Waals surface area contributed by atoms with Crippen LogP contribution >= 0.6 is 0 Å². The zero-order valence-electron chi connectivity index (χ0n) is 15.2. The first-order valence-electron chi connectivity index (χ1n) is 9.41. The molecule has 5 nitrogen and oxygen atoms in total. The van der Waals surface area contributed by atoms with E-state index < -0.39 is 0 Å². The minimum atomic E-state index is 0.00848. The van der Waals surface area contributed by atoms with E-state index in [0.717, 1.165) is 36.2 Å². The van der Waals surface area contributed by atoms with E-state index in [9.17, 15) is 4.79 Å². The van der Waals surface area contributed by atoms with Gasteiger partial charge in [0.15, 0.2) is 0 Å². The lowest BCUT2D eigenvalue weighted by Crippen LogP contribution is -2.43. The topological polar surface area (TPSA) is 69.8 Å². The second kappa shape index (κ2) is 8.18. The molecule has 3 aromatic rings. The zero-order valence-corrected chi connectivity index (χ0v) is 15.2. The van der Waals surface area contributed by atoms with E-state index in [4.69, 9.17) is 0 Å². The molecule has 1 fully saturated rings. The lowest BCUT2D eigenvalue weighted by atomic mass is 9.85. The standard InChI is InChI=1S/C22H24N4O/c27-22(20-10-19(12-23-13-20)17-4-2-1-3-5-17)24-11-16-6-8-18(9-7-16)21-14-25-26-15-21/h1-9,14-15,19-20,23H,10-13H2,(H,24,27)(H,25,26). The Bertz CT molecular complexity index is 859. The monoisotopic (exact) mass is 360 g/mol. The summed E-state index contributed by atoms with van der Waals surface area (Å²) in [6, 6.07) is 18.7. The molecule has 1 saturated heterocycles. The third kappa shape index (κ3) is 4.26. The van der Waals surface area contributed by atoms with Gasteiger partial charge in [-0.05, 0) is 29.0 Å². The van der Waals surface area contributed by atoms with Crippen LogP contribution in [0.15, 0.2) is 67.0 Å². The van der Waals surface area contributed by atoms with Crippen molar-refractivity contribution < 1.29 is 4.79 Å². The van der Waals surface area contributed by atoms with E-state index in [1.165, 1.54) is 5.56 Å². The summed E-state index contributed by atoms with van der Waals surface area (Å²) < 4.78 is 0. The SMILES string of the molecule is O=C(NCc1ccc(-c2cn[nH]c2)cc1)C1CNCC(c2ccccc2)C1. The molecular formula is C22H24N4O. The number of piperidine rings is 1. The Balaban J connectivity index is 1.32. The predicted molar refractivity (Wildman–Crippen MR) is 106 cm³/mol. The highest BCUT2D eigenvalue weighted by Crippen LogP contribution is 2.26. The molecule has 0 saturated carbocycles. The number of rotatable bonds is 5. The molecule has 1 amide bonds. The number of amides is 1. The van der Waals surface area contributed by atoms with Gasteiger partial charge in [-0.1, -0.05) is 54.6 Å². The average molecular weight is 360 g/mol. The van der Waals surface area contributed by atoms with E-state index >= 15 is 0 Å². The molecule has 2 atom stereocenters.